The van der Waals surface area contributed by atoms with E-state index in [-0.39, 0.29) is 12.1 Å². The summed E-state index contributed by atoms with van der Waals surface area (Å²) in [6.45, 7) is 6.11. The number of halogens is 3. The maximum atomic E-state index is 11.5. The Kier molecular flexibility index (Phi) is 4.70. The summed E-state index contributed by atoms with van der Waals surface area (Å²) in [6.07, 6.45) is -4.14. The lowest BCUT2D eigenvalue weighted by atomic mass is 10.1. The second-order valence-electron chi connectivity index (χ2n) is 3.82. The van der Waals surface area contributed by atoms with Crippen LogP contribution in [-0.4, -0.2) is 25.1 Å². The van der Waals surface area contributed by atoms with Crippen LogP contribution in [0, 0.1) is 0 Å². The zero-order valence-electron chi connectivity index (χ0n) is 8.16. The first kappa shape index (κ1) is 12.7. The van der Waals surface area contributed by atoms with E-state index in [1.54, 1.807) is 0 Å². The molecule has 0 aliphatic heterocycles. The van der Waals surface area contributed by atoms with Crippen molar-refractivity contribution < 1.29 is 17.9 Å². The van der Waals surface area contributed by atoms with Gasteiger partial charge in [0, 0.05) is 5.54 Å². The molecule has 0 aromatic heterocycles. The van der Waals surface area contributed by atoms with E-state index in [9.17, 15) is 13.2 Å². The van der Waals surface area contributed by atoms with Gasteiger partial charge in [0.2, 0.25) is 0 Å². The third kappa shape index (κ3) is 11.7. The maximum absolute atomic E-state index is 11.5. The van der Waals surface area contributed by atoms with Gasteiger partial charge in [-0.05, 0) is 33.7 Å². The molecule has 0 aliphatic carbocycles. The van der Waals surface area contributed by atoms with E-state index in [0.717, 1.165) is 0 Å². The van der Waals surface area contributed by atoms with Crippen LogP contribution in [-0.2, 0) is 4.74 Å². The van der Waals surface area contributed by atoms with Crippen molar-refractivity contribution in [2.75, 3.05) is 13.2 Å². The van der Waals surface area contributed by atoms with E-state index in [2.05, 4.69) is 10.1 Å². The Morgan fingerprint density at radius 1 is 1.15 bits per heavy atom. The van der Waals surface area contributed by atoms with E-state index >= 15 is 0 Å². The Balaban J connectivity index is 3.28. The smallest absolute Gasteiger partial charge is 0.312 e. The minimum Gasteiger partial charge on any atom is -0.312 e. The van der Waals surface area contributed by atoms with Gasteiger partial charge in [0.15, 0.2) is 0 Å². The Morgan fingerprint density at radius 2 is 1.69 bits per heavy atom. The first-order valence-corrected chi connectivity index (χ1v) is 4.16. The molecule has 0 unspecified atom stereocenters. The van der Waals surface area contributed by atoms with Crippen molar-refractivity contribution in [3.63, 3.8) is 0 Å². The molecule has 0 spiro atoms. The number of ether oxygens (including phenoxy) is 1. The van der Waals surface area contributed by atoms with Gasteiger partial charge in [-0.25, -0.2) is 0 Å². The standard InChI is InChI=1S/C8H16F3NO/c1-7(2,3)12-5-4-6-13-8(9,10)11/h12H,4-6H2,1-3H3. The molecule has 0 aromatic rings. The topological polar surface area (TPSA) is 21.3 Å². The van der Waals surface area contributed by atoms with Crippen molar-refractivity contribution in [1.29, 1.82) is 0 Å². The lowest BCUT2D eigenvalue weighted by Crippen LogP contribution is -2.36. The van der Waals surface area contributed by atoms with Crippen LogP contribution < -0.4 is 5.32 Å². The molecule has 0 rings (SSSR count). The number of hydrogen-bond donors (Lipinski definition) is 1. The van der Waals surface area contributed by atoms with Gasteiger partial charge in [-0.3, -0.25) is 4.74 Å². The van der Waals surface area contributed by atoms with Gasteiger partial charge >= 0.3 is 6.36 Å². The number of hydrogen-bond acceptors (Lipinski definition) is 2. The summed E-state index contributed by atoms with van der Waals surface area (Å²) in [5, 5.41) is 3.06. The van der Waals surface area contributed by atoms with Gasteiger partial charge in [-0.15, -0.1) is 13.2 Å². The van der Waals surface area contributed by atoms with Gasteiger partial charge < -0.3 is 5.32 Å². The molecule has 0 radical (unpaired) electrons. The predicted octanol–water partition coefficient (Wildman–Crippen LogP) is 2.30. The lowest BCUT2D eigenvalue weighted by molar-refractivity contribution is -0.324. The Labute approximate surface area is 76.5 Å². The molecule has 0 aliphatic rings. The summed E-state index contributed by atoms with van der Waals surface area (Å²) < 4.78 is 38.0. The largest absolute Gasteiger partial charge is 0.522 e. The second-order valence-corrected chi connectivity index (χ2v) is 3.82. The second kappa shape index (κ2) is 4.81. The van der Waals surface area contributed by atoms with Crippen molar-refractivity contribution >= 4 is 0 Å². The average molecular weight is 199 g/mol. The molecule has 0 heterocycles. The molecule has 0 aromatic carbocycles. The predicted molar refractivity (Wildman–Crippen MR) is 44.4 cm³/mol. The monoisotopic (exact) mass is 199 g/mol. The fraction of sp³-hybridized carbons (Fsp3) is 1.00. The van der Waals surface area contributed by atoms with E-state index < -0.39 is 6.36 Å². The third-order valence-corrected chi connectivity index (χ3v) is 1.24. The molecule has 0 atom stereocenters. The molecular formula is C8H16F3NO. The molecule has 0 amide bonds. The summed E-state index contributed by atoms with van der Waals surface area (Å²) in [7, 11) is 0. The fourth-order valence-corrected chi connectivity index (χ4v) is 0.723. The zero-order valence-corrected chi connectivity index (χ0v) is 8.16. The lowest BCUT2D eigenvalue weighted by Gasteiger charge is -2.20. The van der Waals surface area contributed by atoms with Crippen molar-refractivity contribution in [2.45, 2.75) is 39.1 Å². The highest BCUT2D eigenvalue weighted by molar-refractivity contribution is 4.69. The SMILES string of the molecule is CC(C)(C)NCCCOC(F)(F)F. The average Bonchev–Trinajstić information content (AvgIpc) is 1.81. The molecule has 13 heavy (non-hydrogen) atoms. The van der Waals surface area contributed by atoms with Gasteiger partial charge in [0.1, 0.15) is 0 Å². The van der Waals surface area contributed by atoms with Crippen LogP contribution in [0.1, 0.15) is 27.2 Å². The van der Waals surface area contributed by atoms with Crippen molar-refractivity contribution in [2.24, 2.45) is 0 Å². The van der Waals surface area contributed by atoms with Gasteiger partial charge in [0.05, 0.1) is 6.61 Å². The van der Waals surface area contributed by atoms with Crippen molar-refractivity contribution in [3.05, 3.63) is 0 Å². The maximum Gasteiger partial charge on any atom is 0.522 e. The molecular weight excluding hydrogens is 183 g/mol. The highest BCUT2D eigenvalue weighted by Gasteiger charge is 2.28. The summed E-state index contributed by atoms with van der Waals surface area (Å²) in [5.74, 6) is 0. The zero-order chi connectivity index (χ0) is 10.5. The van der Waals surface area contributed by atoms with Crippen LogP contribution in [0.5, 0.6) is 0 Å². The van der Waals surface area contributed by atoms with Crippen LogP contribution in [0.25, 0.3) is 0 Å². The molecule has 0 bridgehead atoms. The minimum atomic E-state index is -4.50. The molecule has 1 N–H and O–H groups in total. The Hall–Kier alpha value is -0.290. The van der Waals surface area contributed by atoms with Crippen LogP contribution in [0.4, 0.5) is 13.2 Å². The molecule has 80 valence electrons. The van der Waals surface area contributed by atoms with Crippen LogP contribution in [0.15, 0.2) is 0 Å². The van der Waals surface area contributed by atoms with E-state index in [4.69, 9.17) is 0 Å². The quantitative estimate of drug-likeness (QED) is 0.701. The van der Waals surface area contributed by atoms with Gasteiger partial charge in [-0.2, -0.15) is 0 Å². The molecule has 0 fully saturated rings. The van der Waals surface area contributed by atoms with Crippen molar-refractivity contribution in [3.8, 4) is 0 Å². The number of nitrogens with one attached hydrogen (secondary N) is 1. The first-order valence-electron chi connectivity index (χ1n) is 4.16. The van der Waals surface area contributed by atoms with E-state index in [0.29, 0.717) is 13.0 Å². The third-order valence-electron chi connectivity index (χ3n) is 1.24. The molecule has 2 nitrogen and oxygen atoms in total. The van der Waals surface area contributed by atoms with Crippen LogP contribution in [0.3, 0.4) is 0 Å². The van der Waals surface area contributed by atoms with Crippen LogP contribution >= 0.6 is 0 Å². The van der Waals surface area contributed by atoms with E-state index in [1.165, 1.54) is 0 Å². The Bertz CT molecular complexity index is 123. The Morgan fingerprint density at radius 3 is 2.08 bits per heavy atom. The van der Waals surface area contributed by atoms with Gasteiger partial charge in [-0.1, -0.05) is 0 Å². The van der Waals surface area contributed by atoms with Gasteiger partial charge in [0.25, 0.3) is 0 Å². The summed E-state index contributed by atoms with van der Waals surface area (Å²) >= 11 is 0. The van der Waals surface area contributed by atoms with Crippen molar-refractivity contribution in [1.82, 2.24) is 5.32 Å². The molecule has 0 saturated carbocycles. The van der Waals surface area contributed by atoms with Crippen LogP contribution in [0.2, 0.25) is 0 Å². The highest BCUT2D eigenvalue weighted by atomic mass is 19.4. The fourth-order valence-electron chi connectivity index (χ4n) is 0.723. The molecule has 5 heteroatoms. The number of alkyl halides is 3. The normalized spacial score (nSPS) is 13.4. The molecule has 0 saturated heterocycles. The summed E-state index contributed by atoms with van der Waals surface area (Å²) in [6, 6.07) is 0. The first-order chi connectivity index (χ1) is 5.71. The summed E-state index contributed by atoms with van der Waals surface area (Å²) in [4.78, 5) is 0. The minimum absolute atomic E-state index is 0.0573. The number of rotatable bonds is 4. The van der Waals surface area contributed by atoms with E-state index in [1.807, 2.05) is 20.8 Å². The highest BCUT2D eigenvalue weighted by Crippen LogP contribution is 2.15. The summed E-state index contributed by atoms with van der Waals surface area (Å²) in [5.41, 5.74) is -0.0573.